The van der Waals surface area contributed by atoms with Crippen molar-refractivity contribution in [2.45, 2.75) is 25.0 Å². The van der Waals surface area contributed by atoms with Crippen molar-refractivity contribution >= 4 is 17.1 Å². The summed E-state index contributed by atoms with van der Waals surface area (Å²) in [5.74, 6) is -1.63. The van der Waals surface area contributed by atoms with Crippen LogP contribution in [0.25, 0.3) is 5.52 Å². The number of benzene rings is 1. The van der Waals surface area contributed by atoms with E-state index in [9.17, 15) is 18.7 Å². The predicted octanol–water partition coefficient (Wildman–Crippen LogP) is 2.04. The summed E-state index contributed by atoms with van der Waals surface area (Å²) in [7, 11) is 0. The van der Waals surface area contributed by atoms with Gasteiger partial charge in [0.25, 0.3) is 5.91 Å². The molecule has 2 aromatic heterocycles. The Bertz CT molecular complexity index is 1050. The quantitative estimate of drug-likeness (QED) is 0.572. The number of fused-ring (bicyclic) bond motifs is 1. The molecule has 0 radical (unpaired) electrons. The van der Waals surface area contributed by atoms with Crippen LogP contribution < -0.4 is 10.2 Å². The van der Waals surface area contributed by atoms with E-state index in [4.69, 9.17) is 5.11 Å². The van der Waals surface area contributed by atoms with Crippen LogP contribution in [-0.2, 0) is 0 Å². The summed E-state index contributed by atoms with van der Waals surface area (Å²) in [4.78, 5) is 14.5. The lowest BCUT2D eigenvalue weighted by Gasteiger charge is -2.27. The predicted molar refractivity (Wildman–Crippen MR) is 106 cm³/mol. The van der Waals surface area contributed by atoms with E-state index in [2.05, 4.69) is 15.3 Å². The Morgan fingerprint density at radius 3 is 2.77 bits per heavy atom. The van der Waals surface area contributed by atoms with Gasteiger partial charge < -0.3 is 20.4 Å². The normalized spacial score (nSPS) is 17.5. The van der Waals surface area contributed by atoms with E-state index < -0.39 is 30.3 Å². The molecule has 0 spiro atoms. The van der Waals surface area contributed by atoms with Gasteiger partial charge in [-0.2, -0.15) is 5.10 Å². The van der Waals surface area contributed by atoms with E-state index in [1.807, 2.05) is 12.1 Å². The summed E-state index contributed by atoms with van der Waals surface area (Å²) in [6.45, 7) is 0.194. The lowest BCUT2D eigenvalue weighted by molar-refractivity contribution is 0.0803. The molecule has 3 N–H and O–H groups in total. The van der Waals surface area contributed by atoms with Crippen molar-refractivity contribution in [2.75, 3.05) is 24.6 Å². The molecule has 158 valence electrons. The maximum Gasteiger partial charge on any atom is 0.255 e. The van der Waals surface area contributed by atoms with E-state index in [1.54, 1.807) is 10.7 Å². The molecule has 3 heterocycles. The standard InChI is InChI=1S/C21H22F2N4O3/c22-14-6-13(7-15(23)8-14)19-2-1-4-26(19)16-3-5-27-20(9-16)18(11-25-27)21(30)24-10-17(29)12-28/h3,5-9,11,17,19,28-29H,1-2,4,10,12H2,(H,24,30)/t17-,19+/m0/s1. The molecule has 0 bridgehead atoms. The third-order valence-electron chi connectivity index (χ3n) is 5.31. The van der Waals surface area contributed by atoms with Crippen LogP contribution >= 0.6 is 0 Å². The smallest absolute Gasteiger partial charge is 0.255 e. The van der Waals surface area contributed by atoms with Gasteiger partial charge in [0.1, 0.15) is 11.6 Å². The summed E-state index contributed by atoms with van der Waals surface area (Å²) in [6.07, 6.45) is 3.76. The number of halogens is 2. The van der Waals surface area contributed by atoms with Crippen molar-refractivity contribution in [1.29, 1.82) is 0 Å². The first-order chi connectivity index (χ1) is 14.5. The molecule has 2 atom stereocenters. The largest absolute Gasteiger partial charge is 0.394 e. The van der Waals surface area contributed by atoms with Gasteiger partial charge in [-0.15, -0.1) is 0 Å². The fraction of sp³-hybridized carbons (Fsp3) is 0.333. The summed E-state index contributed by atoms with van der Waals surface area (Å²) >= 11 is 0. The van der Waals surface area contributed by atoms with Crippen molar-refractivity contribution in [3.63, 3.8) is 0 Å². The molecule has 1 aliphatic rings. The van der Waals surface area contributed by atoms with E-state index in [0.717, 1.165) is 31.1 Å². The average molecular weight is 416 g/mol. The molecule has 0 saturated carbocycles. The fourth-order valence-electron chi connectivity index (χ4n) is 3.88. The highest BCUT2D eigenvalue weighted by molar-refractivity contribution is 6.01. The first kappa shape index (κ1) is 20.2. The van der Waals surface area contributed by atoms with E-state index >= 15 is 0 Å². The van der Waals surface area contributed by atoms with Crippen LogP contribution in [0.4, 0.5) is 14.5 Å². The number of hydrogen-bond donors (Lipinski definition) is 3. The molecule has 4 rings (SSSR count). The highest BCUT2D eigenvalue weighted by atomic mass is 19.1. The van der Waals surface area contributed by atoms with Crippen LogP contribution in [0.5, 0.6) is 0 Å². The van der Waals surface area contributed by atoms with Crippen LogP contribution in [0.2, 0.25) is 0 Å². The number of hydrogen-bond acceptors (Lipinski definition) is 5. The Kier molecular flexibility index (Phi) is 5.65. The zero-order valence-electron chi connectivity index (χ0n) is 16.1. The Morgan fingerprint density at radius 1 is 1.27 bits per heavy atom. The SMILES string of the molecule is O=C(NC[C@H](O)CO)c1cnn2ccc(N3CCC[C@@H]3c3cc(F)cc(F)c3)cc12. The monoisotopic (exact) mass is 416 g/mol. The Morgan fingerprint density at radius 2 is 2.03 bits per heavy atom. The number of aliphatic hydroxyl groups is 2. The number of anilines is 1. The molecule has 1 amide bonds. The molecule has 9 heteroatoms. The molecular weight excluding hydrogens is 394 g/mol. The number of nitrogens with one attached hydrogen (secondary N) is 1. The number of aromatic nitrogens is 2. The van der Waals surface area contributed by atoms with Crippen LogP contribution in [0, 0.1) is 11.6 Å². The molecule has 3 aromatic rings. The summed E-state index contributed by atoms with van der Waals surface area (Å²) in [5.41, 5.74) is 2.29. The minimum Gasteiger partial charge on any atom is -0.394 e. The molecule has 1 aromatic carbocycles. The zero-order chi connectivity index (χ0) is 21.3. The second-order valence-corrected chi connectivity index (χ2v) is 7.37. The van der Waals surface area contributed by atoms with Gasteiger partial charge in [-0.1, -0.05) is 0 Å². The molecule has 7 nitrogen and oxygen atoms in total. The molecule has 1 fully saturated rings. The van der Waals surface area contributed by atoms with Gasteiger partial charge in [0, 0.05) is 31.0 Å². The van der Waals surface area contributed by atoms with Gasteiger partial charge >= 0.3 is 0 Å². The van der Waals surface area contributed by atoms with Crippen LogP contribution in [0.1, 0.15) is 34.8 Å². The van der Waals surface area contributed by atoms with Crippen LogP contribution in [-0.4, -0.2) is 51.5 Å². The van der Waals surface area contributed by atoms with Crippen molar-refractivity contribution in [1.82, 2.24) is 14.9 Å². The third-order valence-corrected chi connectivity index (χ3v) is 5.31. The van der Waals surface area contributed by atoms with Crippen molar-refractivity contribution < 1.29 is 23.8 Å². The number of aliphatic hydroxyl groups excluding tert-OH is 2. The van der Waals surface area contributed by atoms with Gasteiger partial charge in [-0.25, -0.2) is 13.3 Å². The van der Waals surface area contributed by atoms with E-state index in [0.29, 0.717) is 16.6 Å². The van der Waals surface area contributed by atoms with Gasteiger partial charge in [0.15, 0.2) is 0 Å². The number of carbonyl (C=O) groups excluding carboxylic acids is 1. The highest BCUT2D eigenvalue weighted by Crippen LogP contribution is 2.37. The van der Waals surface area contributed by atoms with E-state index in [-0.39, 0.29) is 12.6 Å². The van der Waals surface area contributed by atoms with Gasteiger partial charge in [-0.05, 0) is 42.7 Å². The van der Waals surface area contributed by atoms with Crippen molar-refractivity contribution in [3.8, 4) is 0 Å². The summed E-state index contributed by atoms with van der Waals surface area (Å²) in [6, 6.07) is 7.07. The number of pyridine rings is 1. The topological polar surface area (TPSA) is 90.1 Å². The van der Waals surface area contributed by atoms with Gasteiger partial charge in [-0.3, -0.25) is 4.79 Å². The van der Waals surface area contributed by atoms with Crippen molar-refractivity contribution in [3.05, 3.63) is 65.5 Å². The summed E-state index contributed by atoms with van der Waals surface area (Å²) in [5, 5.41) is 25.1. The van der Waals surface area contributed by atoms with Gasteiger partial charge in [0.05, 0.1) is 36.0 Å². The first-order valence-electron chi connectivity index (χ1n) is 9.73. The Balaban J connectivity index is 1.63. The molecule has 1 aliphatic heterocycles. The number of amides is 1. The Hall–Kier alpha value is -3.04. The van der Waals surface area contributed by atoms with Gasteiger partial charge in [0.2, 0.25) is 0 Å². The minimum atomic E-state index is -1.04. The highest BCUT2D eigenvalue weighted by Gasteiger charge is 2.28. The lowest BCUT2D eigenvalue weighted by atomic mass is 10.0. The van der Waals surface area contributed by atoms with Crippen LogP contribution in [0.3, 0.4) is 0 Å². The van der Waals surface area contributed by atoms with Crippen LogP contribution in [0.15, 0.2) is 42.7 Å². The number of rotatable bonds is 6. The number of nitrogens with zero attached hydrogens (tertiary/aromatic N) is 3. The third kappa shape index (κ3) is 3.99. The van der Waals surface area contributed by atoms with E-state index in [1.165, 1.54) is 18.3 Å². The maximum atomic E-state index is 13.7. The number of carbonyl (C=O) groups is 1. The molecule has 0 aliphatic carbocycles. The molecule has 0 unspecified atom stereocenters. The molecule has 1 saturated heterocycles. The average Bonchev–Trinajstić information content (AvgIpc) is 3.37. The molecule has 30 heavy (non-hydrogen) atoms. The second-order valence-electron chi connectivity index (χ2n) is 7.37. The minimum absolute atomic E-state index is 0.0777. The Labute approximate surface area is 171 Å². The second kappa shape index (κ2) is 8.37. The first-order valence-corrected chi connectivity index (χ1v) is 9.73. The van der Waals surface area contributed by atoms with Crippen molar-refractivity contribution in [2.24, 2.45) is 0 Å². The lowest BCUT2D eigenvalue weighted by Crippen LogP contribution is -2.33. The maximum absolute atomic E-state index is 13.7. The fourth-order valence-corrected chi connectivity index (χ4v) is 3.88. The zero-order valence-corrected chi connectivity index (χ0v) is 16.1. The summed E-state index contributed by atoms with van der Waals surface area (Å²) < 4.78 is 29.0. The molecular formula is C21H22F2N4O3.